The van der Waals surface area contributed by atoms with Crippen LogP contribution in [0.5, 0.6) is 0 Å². The molecule has 1 aromatic rings. The number of hydrogen-bond donors (Lipinski definition) is 1. The number of fused-ring (bicyclic) bond motifs is 1. The molecule has 1 fully saturated rings. The van der Waals surface area contributed by atoms with Crippen molar-refractivity contribution in [2.24, 2.45) is 0 Å². The van der Waals surface area contributed by atoms with Crippen molar-refractivity contribution in [2.75, 3.05) is 31.1 Å². The largest absolute Gasteiger partial charge is 0.376 e. The Hall–Kier alpha value is -1.20. The highest BCUT2D eigenvalue weighted by molar-refractivity contribution is 5.49. The van der Waals surface area contributed by atoms with Crippen molar-refractivity contribution in [1.82, 2.24) is 15.3 Å². The second kappa shape index (κ2) is 5.84. The lowest BCUT2D eigenvalue weighted by atomic mass is 10.1. The molecule has 0 radical (unpaired) electrons. The van der Waals surface area contributed by atoms with Crippen LogP contribution in [0.4, 0.5) is 5.82 Å². The van der Waals surface area contributed by atoms with E-state index in [1.807, 2.05) is 0 Å². The van der Waals surface area contributed by atoms with Crippen LogP contribution in [0.1, 0.15) is 31.0 Å². The topological polar surface area (TPSA) is 50.3 Å². The molecule has 1 unspecified atom stereocenters. The van der Waals surface area contributed by atoms with Crippen LogP contribution in [0.25, 0.3) is 0 Å². The molecule has 19 heavy (non-hydrogen) atoms. The molecule has 0 spiro atoms. The van der Waals surface area contributed by atoms with Crippen molar-refractivity contribution in [1.29, 1.82) is 0 Å². The van der Waals surface area contributed by atoms with E-state index in [2.05, 4.69) is 27.1 Å². The lowest BCUT2D eigenvalue weighted by Crippen LogP contribution is -2.35. The van der Waals surface area contributed by atoms with E-state index in [4.69, 9.17) is 4.74 Å². The normalized spacial score (nSPS) is 22.3. The Morgan fingerprint density at radius 3 is 3.21 bits per heavy atom. The summed E-state index contributed by atoms with van der Waals surface area (Å²) in [6, 6.07) is 0. The molecule has 1 aromatic heterocycles. The number of ether oxygens (including phenoxy) is 1. The van der Waals surface area contributed by atoms with Crippen molar-refractivity contribution in [2.45, 2.75) is 38.8 Å². The Morgan fingerprint density at radius 1 is 1.47 bits per heavy atom. The Bertz CT molecular complexity index is 431. The molecule has 3 rings (SSSR count). The van der Waals surface area contributed by atoms with Gasteiger partial charge in [-0.25, -0.2) is 9.97 Å². The zero-order valence-electron chi connectivity index (χ0n) is 11.6. The summed E-state index contributed by atoms with van der Waals surface area (Å²) in [7, 11) is 0. The van der Waals surface area contributed by atoms with Crippen LogP contribution >= 0.6 is 0 Å². The highest BCUT2D eigenvalue weighted by Crippen LogP contribution is 2.24. The van der Waals surface area contributed by atoms with Crippen LogP contribution in [-0.4, -0.2) is 42.3 Å². The number of nitrogens with zero attached hydrogens (tertiary/aromatic N) is 3. The van der Waals surface area contributed by atoms with Crippen LogP contribution in [0.15, 0.2) is 6.33 Å². The molecule has 1 N–H and O–H groups in total. The van der Waals surface area contributed by atoms with Crippen molar-refractivity contribution in [3.63, 3.8) is 0 Å². The first kappa shape index (κ1) is 12.8. The van der Waals surface area contributed by atoms with Crippen molar-refractivity contribution in [3.05, 3.63) is 17.6 Å². The van der Waals surface area contributed by atoms with Gasteiger partial charge in [0.2, 0.25) is 0 Å². The molecule has 0 amide bonds. The van der Waals surface area contributed by atoms with Gasteiger partial charge in [-0.2, -0.15) is 0 Å². The number of nitrogens with one attached hydrogen (secondary N) is 1. The first-order valence-corrected chi connectivity index (χ1v) is 7.28. The molecular weight excluding hydrogens is 240 g/mol. The predicted octanol–water partition coefficient (Wildman–Crippen LogP) is 1.13. The van der Waals surface area contributed by atoms with Gasteiger partial charge in [0.1, 0.15) is 12.1 Å². The molecule has 3 heterocycles. The van der Waals surface area contributed by atoms with E-state index in [1.54, 1.807) is 6.33 Å². The average molecular weight is 262 g/mol. The number of likely N-dealkylation sites (N-methyl/N-ethyl adjacent to an activating group) is 1. The second-order valence-electron chi connectivity index (χ2n) is 5.22. The van der Waals surface area contributed by atoms with E-state index >= 15 is 0 Å². The predicted molar refractivity (Wildman–Crippen MR) is 74.3 cm³/mol. The van der Waals surface area contributed by atoms with Gasteiger partial charge in [0.25, 0.3) is 0 Å². The Balaban J connectivity index is 1.81. The average Bonchev–Trinajstić information content (AvgIpc) is 2.97. The van der Waals surface area contributed by atoms with Gasteiger partial charge >= 0.3 is 0 Å². The lowest BCUT2D eigenvalue weighted by molar-refractivity contribution is 0.115. The summed E-state index contributed by atoms with van der Waals surface area (Å²) in [5.41, 5.74) is 2.48. The maximum atomic E-state index is 5.75. The van der Waals surface area contributed by atoms with Gasteiger partial charge in [-0.3, -0.25) is 0 Å². The molecular formula is C14H22N4O. The maximum Gasteiger partial charge on any atom is 0.136 e. The van der Waals surface area contributed by atoms with E-state index in [1.165, 1.54) is 24.1 Å². The van der Waals surface area contributed by atoms with Crippen LogP contribution < -0.4 is 10.2 Å². The Kier molecular flexibility index (Phi) is 3.94. The van der Waals surface area contributed by atoms with Crippen LogP contribution in [0.2, 0.25) is 0 Å². The van der Waals surface area contributed by atoms with Crippen molar-refractivity contribution >= 4 is 5.82 Å². The molecule has 0 aromatic carbocycles. The summed E-state index contributed by atoms with van der Waals surface area (Å²) < 4.78 is 5.75. The second-order valence-corrected chi connectivity index (χ2v) is 5.22. The molecule has 104 valence electrons. The minimum Gasteiger partial charge on any atom is -0.376 e. The fraction of sp³-hybridized carbons (Fsp3) is 0.714. The summed E-state index contributed by atoms with van der Waals surface area (Å²) in [6.07, 6.45) is 5.43. The quantitative estimate of drug-likeness (QED) is 0.881. The molecule has 2 aliphatic rings. The monoisotopic (exact) mass is 262 g/mol. The minimum absolute atomic E-state index is 0.363. The van der Waals surface area contributed by atoms with E-state index in [9.17, 15) is 0 Å². The molecule has 0 aliphatic carbocycles. The van der Waals surface area contributed by atoms with Gasteiger partial charge in [-0.1, -0.05) is 0 Å². The maximum absolute atomic E-state index is 5.75. The summed E-state index contributed by atoms with van der Waals surface area (Å²) in [5.74, 6) is 1.09. The zero-order chi connectivity index (χ0) is 13.1. The number of rotatable bonds is 4. The summed E-state index contributed by atoms with van der Waals surface area (Å²) in [6.45, 7) is 6.89. The van der Waals surface area contributed by atoms with Gasteiger partial charge in [0.15, 0.2) is 0 Å². The fourth-order valence-electron chi connectivity index (χ4n) is 2.93. The van der Waals surface area contributed by atoms with Crippen LogP contribution in [-0.2, 0) is 17.7 Å². The van der Waals surface area contributed by atoms with Gasteiger partial charge < -0.3 is 15.0 Å². The van der Waals surface area contributed by atoms with E-state index in [0.717, 1.165) is 45.0 Å². The van der Waals surface area contributed by atoms with E-state index in [-0.39, 0.29) is 0 Å². The lowest BCUT2D eigenvalue weighted by Gasteiger charge is -2.29. The fourth-order valence-corrected chi connectivity index (χ4v) is 2.93. The Labute approximate surface area is 114 Å². The highest BCUT2D eigenvalue weighted by atomic mass is 16.5. The number of anilines is 1. The van der Waals surface area contributed by atoms with Gasteiger partial charge in [-0.15, -0.1) is 0 Å². The third-order valence-corrected chi connectivity index (χ3v) is 3.98. The molecule has 5 heteroatoms. The van der Waals surface area contributed by atoms with Gasteiger partial charge in [0.05, 0.1) is 11.8 Å². The van der Waals surface area contributed by atoms with Gasteiger partial charge in [-0.05, 0) is 19.8 Å². The highest BCUT2D eigenvalue weighted by Gasteiger charge is 2.23. The van der Waals surface area contributed by atoms with Crippen LogP contribution in [0, 0.1) is 0 Å². The van der Waals surface area contributed by atoms with Gasteiger partial charge in [0, 0.05) is 44.8 Å². The molecule has 1 atom stereocenters. The molecule has 5 nitrogen and oxygen atoms in total. The van der Waals surface area contributed by atoms with E-state index < -0.39 is 0 Å². The summed E-state index contributed by atoms with van der Waals surface area (Å²) >= 11 is 0. The first-order chi connectivity index (χ1) is 9.38. The molecule has 0 saturated carbocycles. The summed E-state index contributed by atoms with van der Waals surface area (Å²) in [5, 5.41) is 3.42. The smallest absolute Gasteiger partial charge is 0.136 e. The zero-order valence-corrected chi connectivity index (χ0v) is 11.6. The summed E-state index contributed by atoms with van der Waals surface area (Å²) in [4.78, 5) is 11.3. The Morgan fingerprint density at radius 2 is 2.42 bits per heavy atom. The standard InChI is InChI=1S/C14H22N4O/c1-2-18(9-11-4-3-7-19-11)14-12-8-15-6-5-13(12)16-10-17-14/h10-11,15H,2-9H2,1H3. The third-order valence-electron chi connectivity index (χ3n) is 3.98. The third kappa shape index (κ3) is 2.72. The first-order valence-electron chi connectivity index (χ1n) is 7.28. The van der Waals surface area contributed by atoms with E-state index in [0.29, 0.717) is 6.10 Å². The van der Waals surface area contributed by atoms with Crippen molar-refractivity contribution < 1.29 is 4.74 Å². The SMILES string of the molecule is CCN(CC1CCCO1)c1ncnc2c1CNCC2. The number of hydrogen-bond acceptors (Lipinski definition) is 5. The minimum atomic E-state index is 0.363. The molecule has 0 bridgehead atoms. The molecule has 1 saturated heterocycles. The van der Waals surface area contributed by atoms with Crippen LogP contribution in [0.3, 0.4) is 0 Å². The van der Waals surface area contributed by atoms with Crippen molar-refractivity contribution in [3.8, 4) is 0 Å². The number of aromatic nitrogens is 2. The molecule has 2 aliphatic heterocycles.